The Hall–Kier alpha value is -2.41. The topological polar surface area (TPSA) is 12.9 Å². The van der Waals surface area contributed by atoms with Crippen molar-refractivity contribution in [2.24, 2.45) is 0 Å². The van der Waals surface area contributed by atoms with Crippen molar-refractivity contribution in [2.75, 3.05) is 0 Å². The lowest BCUT2D eigenvalue weighted by Gasteiger charge is -2.09. The van der Waals surface area contributed by atoms with E-state index in [0.717, 1.165) is 5.52 Å². The third kappa shape index (κ3) is 1.53. The summed E-state index contributed by atoms with van der Waals surface area (Å²) in [6, 6.07) is 17.5. The molecule has 0 aliphatic carbocycles. The van der Waals surface area contributed by atoms with Gasteiger partial charge in [0.05, 0.1) is 5.52 Å². The minimum Gasteiger partial charge on any atom is -0.255 e. The van der Waals surface area contributed by atoms with Gasteiger partial charge in [0, 0.05) is 17.0 Å². The van der Waals surface area contributed by atoms with E-state index in [9.17, 15) is 0 Å². The second-order valence-corrected chi connectivity index (χ2v) is 5.48. The predicted molar refractivity (Wildman–Crippen MR) is 86.2 cm³/mol. The third-order valence-corrected chi connectivity index (χ3v) is 4.04. The van der Waals surface area contributed by atoms with Crippen LogP contribution in [0.1, 0.15) is 11.1 Å². The van der Waals surface area contributed by atoms with E-state index in [0.29, 0.717) is 0 Å². The predicted octanol–water partition coefficient (Wildman–Crippen LogP) is 5.16. The van der Waals surface area contributed by atoms with Crippen LogP contribution in [0.5, 0.6) is 0 Å². The summed E-state index contributed by atoms with van der Waals surface area (Å²) in [5.41, 5.74) is 3.62. The van der Waals surface area contributed by atoms with Gasteiger partial charge in [0.25, 0.3) is 0 Å². The van der Waals surface area contributed by atoms with E-state index in [-0.39, 0.29) is 0 Å². The van der Waals surface area contributed by atoms with E-state index < -0.39 is 0 Å². The lowest BCUT2D eigenvalue weighted by molar-refractivity contribution is 1.34. The van der Waals surface area contributed by atoms with E-state index in [1.807, 2.05) is 6.20 Å². The summed E-state index contributed by atoms with van der Waals surface area (Å²) in [5, 5.41) is 6.35. The Labute approximate surface area is 117 Å². The fraction of sp³-hybridized carbons (Fsp3) is 0.105. The number of rotatable bonds is 0. The minimum absolute atomic E-state index is 1.10. The molecule has 3 aromatic carbocycles. The van der Waals surface area contributed by atoms with Gasteiger partial charge >= 0.3 is 0 Å². The smallest absolute Gasteiger partial charge is 0.0786 e. The van der Waals surface area contributed by atoms with Crippen molar-refractivity contribution in [3.63, 3.8) is 0 Å². The number of hydrogen-bond donors (Lipinski definition) is 0. The molecular formula is C19H15N. The molecule has 0 spiro atoms. The summed E-state index contributed by atoms with van der Waals surface area (Å²) in [6.45, 7) is 4.25. The number of aromatic nitrogens is 1. The molecule has 0 fully saturated rings. The van der Waals surface area contributed by atoms with Crippen LogP contribution >= 0.6 is 0 Å². The van der Waals surface area contributed by atoms with Crippen LogP contribution < -0.4 is 0 Å². The highest BCUT2D eigenvalue weighted by molar-refractivity contribution is 6.19. The van der Waals surface area contributed by atoms with Crippen LogP contribution in [0.25, 0.3) is 32.4 Å². The third-order valence-electron chi connectivity index (χ3n) is 4.04. The molecular weight excluding hydrogens is 242 g/mol. The molecule has 1 aromatic heterocycles. The first kappa shape index (κ1) is 11.4. The van der Waals surface area contributed by atoms with Crippen molar-refractivity contribution in [3.05, 3.63) is 65.9 Å². The Morgan fingerprint density at radius 1 is 0.800 bits per heavy atom. The number of benzene rings is 3. The lowest BCUT2D eigenvalue weighted by atomic mass is 9.97. The quantitative estimate of drug-likeness (QED) is 0.397. The van der Waals surface area contributed by atoms with Crippen molar-refractivity contribution in [1.29, 1.82) is 0 Å². The van der Waals surface area contributed by atoms with Gasteiger partial charge < -0.3 is 0 Å². The lowest BCUT2D eigenvalue weighted by Crippen LogP contribution is -1.86. The van der Waals surface area contributed by atoms with Crippen molar-refractivity contribution in [2.45, 2.75) is 13.8 Å². The molecule has 0 radical (unpaired) electrons. The monoisotopic (exact) mass is 257 g/mol. The normalized spacial score (nSPS) is 11.5. The highest BCUT2D eigenvalue weighted by Gasteiger charge is 2.07. The molecule has 0 N–H and O–H groups in total. The first-order chi connectivity index (χ1) is 9.74. The molecule has 1 nitrogen and oxygen atoms in total. The molecule has 0 amide bonds. The zero-order chi connectivity index (χ0) is 13.7. The van der Waals surface area contributed by atoms with Gasteiger partial charge in [-0.3, -0.25) is 4.98 Å². The van der Waals surface area contributed by atoms with Crippen molar-refractivity contribution < 1.29 is 0 Å². The maximum atomic E-state index is 4.69. The fourth-order valence-corrected chi connectivity index (χ4v) is 3.04. The second-order valence-electron chi connectivity index (χ2n) is 5.48. The number of pyridine rings is 1. The first-order valence-electron chi connectivity index (χ1n) is 6.91. The largest absolute Gasteiger partial charge is 0.255 e. The molecule has 0 aliphatic rings. The van der Waals surface area contributed by atoms with Crippen LogP contribution in [0.4, 0.5) is 0 Å². The minimum atomic E-state index is 1.10. The van der Waals surface area contributed by atoms with Gasteiger partial charge in [-0.1, -0.05) is 42.5 Å². The number of hydrogen-bond acceptors (Lipinski definition) is 1. The molecule has 0 saturated carbocycles. The number of fused-ring (bicyclic) bond motifs is 5. The number of aryl methyl sites for hydroxylation is 2. The Bertz CT molecular complexity index is 967. The molecule has 0 unspecified atom stereocenters. The van der Waals surface area contributed by atoms with Crippen molar-refractivity contribution in [1.82, 2.24) is 4.98 Å². The van der Waals surface area contributed by atoms with Gasteiger partial charge in [0.1, 0.15) is 0 Å². The van der Waals surface area contributed by atoms with Crippen molar-refractivity contribution in [3.8, 4) is 0 Å². The highest BCUT2D eigenvalue weighted by atomic mass is 14.7. The average molecular weight is 257 g/mol. The number of nitrogens with zero attached hydrogens (tertiary/aromatic N) is 1. The molecule has 96 valence electrons. The maximum absolute atomic E-state index is 4.69. The second kappa shape index (κ2) is 4.04. The van der Waals surface area contributed by atoms with Crippen LogP contribution in [0, 0.1) is 13.8 Å². The molecule has 0 atom stereocenters. The van der Waals surface area contributed by atoms with Gasteiger partial charge in [-0.15, -0.1) is 0 Å². The summed E-state index contributed by atoms with van der Waals surface area (Å²) < 4.78 is 0. The van der Waals surface area contributed by atoms with E-state index in [1.54, 1.807) is 0 Å². The molecule has 1 heterocycles. The molecule has 0 aliphatic heterocycles. The summed E-state index contributed by atoms with van der Waals surface area (Å²) >= 11 is 0. The zero-order valence-electron chi connectivity index (χ0n) is 11.6. The van der Waals surface area contributed by atoms with E-state index in [2.05, 4.69) is 67.4 Å². The molecule has 20 heavy (non-hydrogen) atoms. The van der Waals surface area contributed by atoms with Crippen LogP contribution in [0.15, 0.2) is 54.7 Å². The van der Waals surface area contributed by atoms with E-state index in [4.69, 9.17) is 0 Å². The Balaban J connectivity index is 2.33. The highest BCUT2D eigenvalue weighted by Crippen LogP contribution is 2.32. The summed E-state index contributed by atoms with van der Waals surface area (Å²) in [4.78, 5) is 4.69. The van der Waals surface area contributed by atoms with Gasteiger partial charge in [-0.25, -0.2) is 0 Å². The van der Waals surface area contributed by atoms with Crippen LogP contribution in [0.2, 0.25) is 0 Å². The average Bonchev–Trinajstić information content (AvgIpc) is 2.46. The summed E-state index contributed by atoms with van der Waals surface area (Å²) in [7, 11) is 0. The van der Waals surface area contributed by atoms with Gasteiger partial charge in [0.2, 0.25) is 0 Å². The first-order valence-corrected chi connectivity index (χ1v) is 6.91. The van der Waals surface area contributed by atoms with Gasteiger partial charge in [-0.05, 0) is 47.2 Å². The Morgan fingerprint density at radius 2 is 1.60 bits per heavy atom. The maximum Gasteiger partial charge on any atom is 0.0786 e. The summed E-state index contributed by atoms with van der Waals surface area (Å²) in [5.74, 6) is 0. The SMILES string of the molecule is Cc1cnc2c(ccc3ccc4c(C)cccc4c32)c1. The summed E-state index contributed by atoms with van der Waals surface area (Å²) in [6.07, 6.45) is 1.95. The van der Waals surface area contributed by atoms with Gasteiger partial charge in [0.15, 0.2) is 0 Å². The van der Waals surface area contributed by atoms with Gasteiger partial charge in [-0.2, -0.15) is 0 Å². The molecule has 4 rings (SSSR count). The molecule has 0 saturated heterocycles. The van der Waals surface area contributed by atoms with Crippen LogP contribution in [-0.4, -0.2) is 4.98 Å². The Morgan fingerprint density at radius 3 is 2.50 bits per heavy atom. The van der Waals surface area contributed by atoms with E-state index >= 15 is 0 Å². The molecule has 4 aromatic rings. The molecule has 1 heteroatoms. The van der Waals surface area contributed by atoms with Crippen LogP contribution in [0.3, 0.4) is 0 Å². The molecule has 0 bridgehead atoms. The standard InChI is InChI=1S/C19H15N/c1-12-10-15-7-6-14-8-9-16-13(2)4-3-5-17(16)18(14)19(15)20-11-12/h3-11H,1-2H3. The zero-order valence-corrected chi connectivity index (χ0v) is 11.6. The Kier molecular flexibility index (Phi) is 2.31. The van der Waals surface area contributed by atoms with E-state index in [1.165, 1.54) is 38.1 Å². The fourth-order valence-electron chi connectivity index (χ4n) is 3.04. The van der Waals surface area contributed by atoms with Crippen molar-refractivity contribution >= 4 is 32.4 Å². The van der Waals surface area contributed by atoms with Crippen LogP contribution in [-0.2, 0) is 0 Å².